The molecule has 1 N–H and O–H groups in total. The SMILES string of the molecule is OC(CC1CCOCC1)c1ccc(Br)s1. The molecular formula is C11H15BrO2S. The Morgan fingerprint density at radius 3 is 2.80 bits per heavy atom. The van der Waals surface area contributed by atoms with Crippen LogP contribution >= 0.6 is 27.3 Å². The summed E-state index contributed by atoms with van der Waals surface area (Å²) in [6.07, 6.45) is 2.74. The minimum absolute atomic E-state index is 0.301. The van der Waals surface area contributed by atoms with Crippen LogP contribution in [0.1, 0.15) is 30.2 Å². The van der Waals surface area contributed by atoms with E-state index in [1.807, 2.05) is 12.1 Å². The Morgan fingerprint density at radius 1 is 1.47 bits per heavy atom. The fraction of sp³-hybridized carbons (Fsp3) is 0.636. The van der Waals surface area contributed by atoms with E-state index in [9.17, 15) is 5.11 Å². The maximum atomic E-state index is 10.0. The van der Waals surface area contributed by atoms with Gasteiger partial charge in [-0.25, -0.2) is 0 Å². The van der Waals surface area contributed by atoms with Crippen LogP contribution in [0.3, 0.4) is 0 Å². The van der Waals surface area contributed by atoms with Gasteiger partial charge < -0.3 is 9.84 Å². The van der Waals surface area contributed by atoms with Crippen LogP contribution in [0.25, 0.3) is 0 Å². The van der Waals surface area contributed by atoms with Gasteiger partial charge in [0.15, 0.2) is 0 Å². The van der Waals surface area contributed by atoms with Crippen LogP contribution in [-0.2, 0) is 4.74 Å². The lowest BCUT2D eigenvalue weighted by molar-refractivity contribution is 0.0442. The topological polar surface area (TPSA) is 29.5 Å². The summed E-state index contributed by atoms with van der Waals surface area (Å²) in [5, 5.41) is 10.0. The van der Waals surface area contributed by atoms with Gasteiger partial charge in [0.05, 0.1) is 9.89 Å². The first-order valence-corrected chi connectivity index (χ1v) is 6.87. The minimum atomic E-state index is -0.301. The number of aliphatic hydroxyl groups excluding tert-OH is 1. The van der Waals surface area contributed by atoms with Crippen LogP contribution in [0.4, 0.5) is 0 Å². The Balaban J connectivity index is 1.88. The van der Waals surface area contributed by atoms with Gasteiger partial charge in [-0.05, 0) is 53.2 Å². The molecule has 1 aromatic rings. The first-order chi connectivity index (χ1) is 7.25. The lowest BCUT2D eigenvalue weighted by Gasteiger charge is -2.23. The van der Waals surface area contributed by atoms with E-state index in [2.05, 4.69) is 15.9 Å². The second-order valence-corrected chi connectivity index (χ2v) is 6.44. The summed E-state index contributed by atoms with van der Waals surface area (Å²) in [5.74, 6) is 0.620. The van der Waals surface area contributed by atoms with Gasteiger partial charge in [-0.1, -0.05) is 0 Å². The van der Waals surface area contributed by atoms with E-state index in [0.29, 0.717) is 5.92 Å². The fourth-order valence-corrected chi connectivity index (χ4v) is 3.34. The zero-order valence-corrected chi connectivity index (χ0v) is 10.9. The zero-order chi connectivity index (χ0) is 10.7. The van der Waals surface area contributed by atoms with E-state index in [-0.39, 0.29) is 6.10 Å². The van der Waals surface area contributed by atoms with E-state index >= 15 is 0 Å². The molecule has 0 spiro atoms. The average molecular weight is 291 g/mol. The number of hydrogen-bond acceptors (Lipinski definition) is 3. The predicted molar refractivity (Wildman–Crippen MR) is 65.1 cm³/mol. The van der Waals surface area contributed by atoms with E-state index in [0.717, 1.165) is 41.1 Å². The van der Waals surface area contributed by atoms with E-state index < -0.39 is 0 Å². The van der Waals surface area contributed by atoms with Crippen molar-refractivity contribution < 1.29 is 9.84 Å². The molecule has 1 fully saturated rings. The summed E-state index contributed by atoms with van der Waals surface area (Å²) in [5.41, 5.74) is 0. The largest absolute Gasteiger partial charge is 0.388 e. The molecule has 1 aliphatic rings. The van der Waals surface area contributed by atoms with E-state index in [1.54, 1.807) is 11.3 Å². The number of thiophene rings is 1. The zero-order valence-electron chi connectivity index (χ0n) is 8.49. The average Bonchev–Trinajstić information content (AvgIpc) is 2.66. The van der Waals surface area contributed by atoms with E-state index in [1.165, 1.54) is 0 Å². The molecule has 0 radical (unpaired) electrons. The molecule has 1 saturated heterocycles. The Bertz CT molecular complexity index is 307. The normalized spacial score (nSPS) is 20.4. The molecule has 0 aliphatic carbocycles. The van der Waals surface area contributed by atoms with Crippen LogP contribution in [-0.4, -0.2) is 18.3 Å². The second-order valence-electron chi connectivity index (χ2n) is 3.95. The molecule has 0 amide bonds. The maximum absolute atomic E-state index is 10.0. The summed E-state index contributed by atoms with van der Waals surface area (Å²) in [7, 11) is 0. The molecule has 2 nitrogen and oxygen atoms in total. The van der Waals surface area contributed by atoms with Crippen LogP contribution in [0, 0.1) is 5.92 Å². The molecule has 4 heteroatoms. The van der Waals surface area contributed by atoms with Gasteiger partial charge in [-0.2, -0.15) is 0 Å². The minimum Gasteiger partial charge on any atom is -0.388 e. The van der Waals surface area contributed by atoms with Crippen molar-refractivity contribution in [2.45, 2.75) is 25.4 Å². The van der Waals surface area contributed by atoms with E-state index in [4.69, 9.17) is 4.74 Å². The lowest BCUT2D eigenvalue weighted by Crippen LogP contribution is -2.17. The van der Waals surface area contributed by atoms with Gasteiger partial charge >= 0.3 is 0 Å². The van der Waals surface area contributed by atoms with Crippen molar-refractivity contribution in [3.63, 3.8) is 0 Å². The number of hydrogen-bond donors (Lipinski definition) is 1. The molecule has 2 heterocycles. The first kappa shape index (κ1) is 11.6. The van der Waals surface area contributed by atoms with Crippen molar-refractivity contribution in [2.75, 3.05) is 13.2 Å². The highest BCUT2D eigenvalue weighted by Crippen LogP contribution is 2.32. The third kappa shape index (κ3) is 3.28. The molecule has 15 heavy (non-hydrogen) atoms. The van der Waals surface area contributed by atoms with Crippen LogP contribution in [0.15, 0.2) is 15.9 Å². The van der Waals surface area contributed by atoms with Crippen LogP contribution < -0.4 is 0 Å². The molecule has 0 bridgehead atoms. The summed E-state index contributed by atoms with van der Waals surface area (Å²) in [6, 6.07) is 3.99. The summed E-state index contributed by atoms with van der Waals surface area (Å²) >= 11 is 5.03. The number of halogens is 1. The number of ether oxygens (including phenoxy) is 1. The molecular weight excluding hydrogens is 276 g/mol. The Labute approximate surface area is 102 Å². The van der Waals surface area contributed by atoms with Crippen molar-refractivity contribution in [1.29, 1.82) is 0 Å². The predicted octanol–water partition coefficient (Wildman–Crippen LogP) is 3.36. The van der Waals surface area contributed by atoms with Crippen molar-refractivity contribution in [3.8, 4) is 0 Å². The molecule has 1 aliphatic heterocycles. The van der Waals surface area contributed by atoms with Gasteiger partial charge in [0.2, 0.25) is 0 Å². The van der Waals surface area contributed by atoms with Crippen molar-refractivity contribution in [1.82, 2.24) is 0 Å². The van der Waals surface area contributed by atoms with Crippen molar-refractivity contribution in [3.05, 3.63) is 20.8 Å². The molecule has 0 saturated carbocycles. The summed E-state index contributed by atoms with van der Waals surface area (Å²) < 4.78 is 6.39. The molecule has 1 aromatic heterocycles. The van der Waals surface area contributed by atoms with Crippen molar-refractivity contribution >= 4 is 27.3 Å². The Morgan fingerprint density at radius 2 is 2.20 bits per heavy atom. The number of aliphatic hydroxyl groups is 1. The van der Waals surface area contributed by atoms with Gasteiger partial charge in [-0.15, -0.1) is 11.3 Å². The van der Waals surface area contributed by atoms with Crippen LogP contribution in [0.5, 0.6) is 0 Å². The Kier molecular flexibility index (Phi) is 4.20. The molecule has 1 atom stereocenters. The highest BCUT2D eigenvalue weighted by molar-refractivity contribution is 9.11. The van der Waals surface area contributed by atoms with Gasteiger partial charge in [0.1, 0.15) is 0 Å². The molecule has 2 rings (SSSR count). The second kappa shape index (κ2) is 5.43. The molecule has 0 aromatic carbocycles. The highest BCUT2D eigenvalue weighted by atomic mass is 79.9. The maximum Gasteiger partial charge on any atom is 0.0885 e. The number of rotatable bonds is 3. The van der Waals surface area contributed by atoms with Gasteiger partial charge in [0.25, 0.3) is 0 Å². The standard InChI is InChI=1S/C11H15BrO2S/c12-11-2-1-10(15-11)9(13)7-8-3-5-14-6-4-8/h1-2,8-9,13H,3-7H2. The first-order valence-electron chi connectivity index (χ1n) is 5.27. The van der Waals surface area contributed by atoms with Gasteiger partial charge in [-0.3, -0.25) is 0 Å². The smallest absolute Gasteiger partial charge is 0.0885 e. The van der Waals surface area contributed by atoms with Gasteiger partial charge in [0, 0.05) is 18.1 Å². The summed E-state index contributed by atoms with van der Waals surface area (Å²) in [4.78, 5) is 1.06. The monoisotopic (exact) mass is 290 g/mol. The van der Waals surface area contributed by atoms with Crippen LogP contribution in [0.2, 0.25) is 0 Å². The lowest BCUT2D eigenvalue weighted by atomic mass is 9.93. The molecule has 1 unspecified atom stereocenters. The fourth-order valence-electron chi connectivity index (χ4n) is 1.92. The molecule has 84 valence electrons. The Hall–Kier alpha value is 0.1000. The third-order valence-corrected chi connectivity index (χ3v) is 4.54. The highest BCUT2D eigenvalue weighted by Gasteiger charge is 2.19. The third-order valence-electron chi connectivity index (χ3n) is 2.82. The summed E-state index contributed by atoms with van der Waals surface area (Å²) in [6.45, 7) is 1.71. The van der Waals surface area contributed by atoms with Crippen molar-refractivity contribution in [2.24, 2.45) is 5.92 Å². The quantitative estimate of drug-likeness (QED) is 0.925.